The van der Waals surface area contributed by atoms with Gasteiger partial charge in [-0.05, 0) is 26.0 Å². The fraction of sp³-hybridized carbons (Fsp3) is 0.565. The molecule has 1 N–H and O–H groups in total. The quantitative estimate of drug-likeness (QED) is 0.244. The zero-order valence-corrected chi connectivity index (χ0v) is 19.1. The number of aliphatic hydroxyl groups excluding tert-OH is 1. The van der Waals surface area contributed by atoms with Crippen LogP contribution >= 0.6 is 0 Å². The highest BCUT2D eigenvalue weighted by Crippen LogP contribution is 2.50. The minimum Gasteiger partial charge on any atom is -0.466 e. The highest BCUT2D eigenvalue weighted by molar-refractivity contribution is 5.93. The minimum atomic E-state index is -1.70. The number of methoxy groups -OCH3 is 1. The third-order valence-electron chi connectivity index (χ3n) is 6.68. The van der Waals surface area contributed by atoms with E-state index in [4.69, 9.17) is 28.4 Å². The maximum atomic E-state index is 12.9. The van der Waals surface area contributed by atoms with Crippen molar-refractivity contribution in [1.82, 2.24) is 0 Å². The summed E-state index contributed by atoms with van der Waals surface area (Å²) in [6, 6.07) is 0. The summed E-state index contributed by atoms with van der Waals surface area (Å²) in [4.78, 5) is 49.3. The molecule has 3 fully saturated rings. The third kappa shape index (κ3) is 3.93. The molecule has 3 aliphatic heterocycles. The van der Waals surface area contributed by atoms with Gasteiger partial charge in [0.25, 0.3) is 0 Å². The summed E-state index contributed by atoms with van der Waals surface area (Å²) < 4.78 is 32.2. The molecule has 0 radical (unpaired) electrons. The molecule has 184 valence electrons. The lowest BCUT2D eigenvalue weighted by Gasteiger charge is -2.31. The number of carbonyl (C=O) groups excluding carboxylic acids is 4. The van der Waals surface area contributed by atoms with Gasteiger partial charge in [-0.1, -0.05) is 12.7 Å². The second kappa shape index (κ2) is 8.33. The van der Waals surface area contributed by atoms with Crippen molar-refractivity contribution >= 4 is 23.9 Å². The van der Waals surface area contributed by atoms with E-state index in [-0.39, 0.29) is 17.8 Å². The molecule has 0 saturated carbocycles. The minimum absolute atomic E-state index is 0.0672. The van der Waals surface area contributed by atoms with Crippen LogP contribution in [0.5, 0.6) is 0 Å². The van der Waals surface area contributed by atoms with Crippen LogP contribution in [-0.2, 0) is 47.6 Å². The molecular weight excluding hydrogens is 452 g/mol. The van der Waals surface area contributed by atoms with Crippen molar-refractivity contribution in [2.45, 2.75) is 62.5 Å². The first-order valence-corrected chi connectivity index (χ1v) is 10.7. The molecule has 3 heterocycles. The lowest BCUT2D eigenvalue weighted by molar-refractivity contribution is -0.166. The van der Waals surface area contributed by atoms with Gasteiger partial charge in [0.15, 0.2) is 11.2 Å². The van der Waals surface area contributed by atoms with Crippen LogP contribution in [0.4, 0.5) is 0 Å². The first-order valence-electron chi connectivity index (χ1n) is 10.7. The molecule has 4 aliphatic rings. The van der Waals surface area contributed by atoms with Crippen LogP contribution in [0.25, 0.3) is 0 Å². The van der Waals surface area contributed by atoms with E-state index in [0.717, 1.165) is 7.11 Å². The molecule has 4 rings (SSSR count). The molecule has 0 bridgehead atoms. The number of fused-ring (bicyclic) bond motifs is 3. The van der Waals surface area contributed by atoms with Crippen molar-refractivity contribution in [2.24, 2.45) is 5.92 Å². The molecule has 0 aromatic rings. The van der Waals surface area contributed by atoms with Crippen LogP contribution in [0.1, 0.15) is 20.8 Å². The van der Waals surface area contributed by atoms with Gasteiger partial charge in [0.2, 0.25) is 0 Å². The summed E-state index contributed by atoms with van der Waals surface area (Å²) in [5.74, 6) is -4.05. The Morgan fingerprint density at radius 3 is 2.53 bits per heavy atom. The number of carbonyl (C=O) groups is 4. The van der Waals surface area contributed by atoms with E-state index in [1.165, 1.54) is 32.1 Å². The smallest absolute Gasteiger partial charge is 0.341 e. The zero-order chi connectivity index (χ0) is 25.0. The zero-order valence-electron chi connectivity index (χ0n) is 19.1. The van der Waals surface area contributed by atoms with Gasteiger partial charge in [-0.25, -0.2) is 14.4 Å². The highest BCUT2D eigenvalue weighted by Gasteiger charge is 2.67. The van der Waals surface area contributed by atoms with Gasteiger partial charge in [0.1, 0.15) is 31.0 Å². The van der Waals surface area contributed by atoms with Gasteiger partial charge in [-0.2, -0.15) is 0 Å². The lowest BCUT2D eigenvalue weighted by Crippen LogP contribution is -2.48. The van der Waals surface area contributed by atoms with Gasteiger partial charge in [-0.3, -0.25) is 4.79 Å². The molecular formula is C23H26O11. The number of aliphatic hydroxyl groups is 1. The first kappa shape index (κ1) is 24.1. The maximum absolute atomic E-state index is 12.9. The molecule has 0 spiro atoms. The summed E-state index contributed by atoms with van der Waals surface area (Å²) >= 11 is 0. The van der Waals surface area contributed by atoms with Gasteiger partial charge in [-0.15, -0.1) is 0 Å². The summed E-state index contributed by atoms with van der Waals surface area (Å²) in [5, 5.41) is 11.2. The number of hydrogen-bond donors (Lipinski definition) is 1. The van der Waals surface area contributed by atoms with Crippen molar-refractivity contribution in [3.05, 3.63) is 36.0 Å². The van der Waals surface area contributed by atoms with Crippen molar-refractivity contribution in [1.29, 1.82) is 0 Å². The number of rotatable bonds is 5. The average molecular weight is 478 g/mol. The van der Waals surface area contributed by atoms with Gasteiger partial charge in [0.05, 0.1) is 24.7 Å². The molecule has 8 atom stereocenters. The summed E-state index contributed by atoms with van der Waals surface area (Å²) in [5.41, 5.74) is -2.70. The standard InChI is InChI=1S/C23H26O11/c1-10-14-16(32-21(28)22(4)11(2)33-22)15(25)13(20(27)29-5)7-6-8-23(9-30-12(3)24)18(34-23)17(14)31-19(10)26/h6-8,11,14-18,25H,1,9H2,2-5H3/b8-6-,13-7+. The summed E-state index contributed by atoms with van der Waals surface area (Å²) in [6.45, 7) is 8.03. The van der Waals surface area contributed by atoms with Gasteiger partial charge >= 0.3 is 23.9 Å². The van der Waals surface area contributed by atoms with Crippen molar-refractivity contribution in [2.75, 3.05) is 13.7 Å². The fourth-order valence-electron chi connectivity index (χ4n) is 4.32. The second-order valence-electron chi connectivity index (χ2n) is 8.85. The average Bonchev–Trinajstić information content (AvgIpc) is 3.64. The second-order valence-corrected chi connectivity index (χ2v) is 8.85. The van der Waals surface area contributed by atoms with E-state index < -0.39 is 71.5 Å². The molecule has 8 unspecified atom stereocenters. The SMILES string of the molecule is C=C1C(=O)OC2C1C(OC(=O)C1(C)OC1C)C(O)/C(C(=O)OC)=C\C=C/C1(COC(C)=O)OC21. The summed E-state index contributed by atoms with van der Waals surface area (Å²) in [7, 11) is 1.13. The Morgan fingerprint density at radius 1 is 1.26 bits per heavy atom. The monoisotopic (exact) mass is 478 g/mol. The van der Waals surface area contributed by atoms with Crippen molar-refractivity contribution in [3.63, 3.8) is 0 Å². The molecule has 11 nitrogen and oxygen atoms in total. The Labute approximate surface area is 195 Å². The predicted octanol–water partition coefficient (Wildman–Crippen LogP) is -0.0958. The normalized spacial score (nSPS) is 42.7. The van der Waals surface area contributed by atoms with Crippen molar-refractivity contribution < 1.29 is 52.7 Å². The lowest BCUT2D eigenvalue weighted by atomic mass is 9.81. The molecule has 0 amide bonds. The molecule has 11 heteroatoms. The molecule has 1 aliphatic carbocycles. The molecule has 0 aromatic heterocycles. The van der Waals surface area contributed by atoms with Crippen LogP contribution in [0, 0.1) is 5.92 Å². The number of hydrogen-bond acceptors (Lipinski definition) is 11. The fourth-order valence-corrected chi connectivity index (χ4v) is 4.32. The van der Waals surface area contributed by atoms with Crippen LogP contribution in [0.2, 0.25) is 0 Å². The van der Waals surface area contributed by atoms with E-state index >= 15 is 0 Å². The van der Waals surface area contributed by atoms with E-state index in [2.05, 4.69) is 6.58 Å². The first-order chi connectivity index (χ1) is 15.9. The Hall–Kier alpha value is -3.02. The van der Waals surface area contributed by atoms with Crippen LogP contribution in [0.15, 0.2) is 36.0 Å². The topological polar surface area (TPSA) is 150 Å². The van der Waals surface area contributed by atoms with E-state index in [1.54, 1.807) is 6.92 Å². The van der Waals surface area contributed by atoms with Crippen LogP contribution in [0.3, 0.4) is 0 Å². The number of esters is 4. The Balaban J connectivity index is 1.77. The van der Waals surface area contributed by atoms with Crippen LogP contribution in [-0.4, -0.2) is 84.4 Å². The Kier molecular flexibility index (Phi) is 5.91. The number of allylic oxidation sites excluding steroid dienone is 2. The van der Waals surface area contributed by atoms with E-state index in [0.29, 0.717) is 0 Å². The maximum Gasteiger partial charge on any atom is 0.341 e. The van der Waals surface area contributed by atoms with Gasteiger partial charge < -0.3 is 33.5 Å². The molecule has 34 heavy (non-hydrogen) atoms. The largest absolute Gasteiger partial charge is 0.466 e. The van der Waals surface area contributed by atoms with E-state index in [1.807, 2.05) is 0 Å². The van der Waals surface area contributed by atoms with Gasteiger partial charge in [0, 0.05) is 12.5 Å². The Bertz CT molecular complexity index is 1010. The van der Waals surface area contributed by atoms with Crippen molar-refractivity contribution in [3.8, 4) is 0 Å². The highest BCUT2D eigenvalue weighted by atomic mass is 16.7. The molecule has 3 saturated heterocycles. The number of epoxide rings is 2. The summed E-state index contributed by atoms with van der Waals surface area (Å²) in [6.07, 6.45) is -1.16. The van der Waals surface area contributed by atoms with E-state index in [9.17, 15) is 24.3 Å². The predicted molar refractivity (Wildman–Crippen MR) is 111 cm³/mol. The molecule has 0 aromatic carbocycles. The number of ether oxygens (including phenoxy) is 6. The Morgan fingerprint density at radius 2 is 1.94 bits per heavy atom. The van der Waals surface area contributed by atoms with Crippen LogP contribution < -0.4 is 0 Å². The third-order valence-corrected chi connectivity index (χ3v) is 6.68.